The van der Waals surface area contributed by atoms with Gasteiger partial charge in [0.2, 0.25) is 0 Å². The first kappa shape index (κ1) is 12.3. The molecule has 0 aliphatic carbocycles. The van der Waals surface area contributed by atoms with Crippen molar-refractivity contribution in [2.24, 2.45) is 0 Å². The molecular formula is C12H13ClN2OS. The Morgan fingerprint density at radius 1 is 1.35 bits per heavy atom. The number of nitrogens with one attached hydrogen (secondary N) is 1. The van der Waals surface area contributed by atoms with Crippen molar-refractivity contribution in [1.82, 2.24) is 4.98 Å². The molecule has 0 fully saturated rings. The number of rotatable bonds is 5. The third-order valence-electron chi connectivity index (χ3n) is 2.24. The van der Waals surface area contributed by atoms with E-state index in [-0.39, 0.29) is 0 Å². The van der Waals surface area contributed by atoms with Crippen LogP contribution in [-0.2, 0) is 11.5 Å². The summed E-state index contributed by atoms with van der Waals surface area (Å²) >= 11 is 7.82. The summed E-state index contributed by atoms with van der Waals surface area (Å²) in [5.41, 5.74) is 0.898. The molecule has 0 spiro atoms. The number of hydrogen-bond acceptors (Lipinski definition) is 4. The molecule has 2 rings (SSSR count). The maximum absolute atomic E-state index is 6.09. The van der Waals surface area contributed by atoms with Crippen molar-refractivity contribution in [2.45, 2.75) is 11.5 Å². The topological polar surface area (TPSA) is 38.1 Å². The largest absolute Gasteiger partial charge is 0.468 e. The minimum absolute atomic E-state index is 0.705. The lowest BCUT2D eigenvalue weighted by Gasteiger charge is -2.05. The van der Waals surface area contributed by atoms with Crippen molar-refractivity contribution in [3.63, 3.8) is 0 Å². The van der Waals surface area contributed by atoms with Crippen LogP contribution in [0.2, 0.25) is 5.02 Å². The van der Waals surface area contributed by atoms with Crippen molar-refractivity contribution >= 4 is 29.2 Å². The second-order valence-electron chi connectivity index (χ2n) is 3.45. The van der Waals surface area contributed by atoms with Gasteiger partial charge in [0, 0.05) is 12.8 Å². The predicted molar refractivity (Wildman–Crippen MR) is 72.5 cm³/mol. The van der Waals surface area contributed by atoms with Crippen LogP contribution in [0.4, 0.5) is 5.82 Å². The van der Waals surface area contributed by atoms with Crippen LogP contribution in [0.3, 0.4) is 0 Å². The van der Waals surface area contributed by atoms with Gasteiger partial charge in [0.15, 0.2) is 0 Å². The van der Waals surface area contributed by atoms with E-state index >= 15 is 0 Å². The van der Waals surface area contributed by atoms with Gasteiger partial charge >= 0.3 is 0 Å². The molecule has 0 unspecified atom stereocenters. The second kappa shape index (κ2) is 5.98. The number of aromatic nitrogens is 1. The minimum Gasteiger partial charge on any atom is -0.468 e. The van der Waals surface area contributed by atoms with Crippen LogP contribution >= 0.6 is 23.4 Å². The average Bonchev–Trinajstić information content (AvgIpc) is 2.84. The molecule has 1 N–H and O–H groups in total. The summed E-state index contributed by atoms with van der Waals surface area (Å²) in [5, 5.41) is 3.71. The lowest BCUT2D eigenvalue weighted by atomic mass is 10.3. The van der Waals surface area contributed by atoms with Gasteiger partial charge in [0.1, 0.15) is 11.6 Å². The fourth-order valence-electron chi connectivity index (χ4n) is 1.37. The van der Waals surface area contributed by atoms with Gasteiger partial charge in [-0.15, -0.1) is 11.8 Å². The quantitative estimate of drug-likeness (QED) is 0.895. The van der Waals surface area contributed by atoms with Gasteiger partial charge in [0.25, 0.3) is 0 Å². The molecular weight excluding hydrogens is 256 g/mol. The Hall–Kier alpha value is -1.13. The Balaban J connectivity index is 1.94. The molecule has 0 saturated heterocycles. The van der Waals surface area contributed by atoms with E-state index in [1.165, 1.54) is 0 Å². The van der Waals surface area contributed by atoms with Crippen LogP contribution in [0.25, 0.3) is 0 Å². The third kappa shape index (κ3) is 3.41. The molecule has 0 amide bonds. The van der Waals surface area contributed by atoms with Gasteiger partial charge in [-0.05, 0) is 24.3 Å². The van der Waals surface area contributed by atoms with Crippen LogP contribution in [0.1, 0.15) is 11.5 Å². The van der Waals surface area contributed by atoms with E-state index in [2.05, 4.69) is 10.3 Å². The zero-order valence-electron chi connectivity index (χ0n) is 9.44. The summed E-state index contributed by atoms with van der Waals surface area (Å²) in [7, 11) is 1.84. The van der Waals surface area contributed by atoms with Crippen molar-refractivity contribution in [3.8, 4) is 0 Å². The van der Waals surface area contributed by atoms with Crippen LogP contribution in [0.5, 0.6) is 0 Å². The Morgan fingerprint density at radius 2 is 2.24 bits per heavy atom. The number of halogens is 1. The smallest absolute Gasteiger partial charge is 0.126 e. The molecule has 0 atom stereocenters. The van der Waals surface area contributed by atoms with Crippen LogP contribution < -0.4 is 5.32 Å². The van der Waals surface area contributed by atoms with Crippen LogP contribution in [0, 0.1) is 0 Å². The molecule has 0 aliphatic heterocycles. The fraction of sp³-hybridized carbons (Fsp3) is 0.250. The normalized spacial score (nSPS) is 10.5. The third-order valence-corrected chi connectivity index (χ3v) is 3.55. The van der Waals surface area contributed by atoms with Crippen LogP contribution in [-0.4, -0.2) is 12.0 Å². The molecule has 2 aromatic heterocycles. The number of thioether (sulfide) groups is 1. The number of hydrogen-bond donors (Lipinski definition) is 1. The number of anilines is 1. The maximum Gasteiger partial charge on any atom is 0.126 e. The molecule has 5 heteroatoms. The molecule has 0 radical (unpaired) electrons. The molecule has 0 aliphatic rings. The van der Waals surface area contributed by atoms with Crippen molar-refractivity contribution in [1.29, 1.82) is 0 Å². The highest BCUT2D eigenvalue weighted by molar-refractivity contribution is 7.97. The van der Waals surface area contributed by atoms with E-state index < -0.39 is 0 Å². The molecule has 17 heavy (non-hydrogen) atoms. The van der Waals surface area contributed by atoms with Gasteiger partial charge in [-0.25, -0.2) is 4.98 Å². The molecule has 0 bridgehead atoms. The zero-order valence-corrected chi connectivity index (χ0v) is 11.0. The first-order valence-electron chi connectivity index (χ1n) is 5.23. The number of nitrogens with zero attached hydrogens (tertiary/aromatic N) is 1. The average molecular weight is 269 g/mol. The summed E-state index contributed by atoms with van der Waals surface area (Å²) in [6.07, 6.45) is 1.68. The summed E-state index contributed by atoms with van der Waals surface area (Å²) in [4.78, 5) is 4.42. The molecule has 90 valence electrons. The van der Waals surface area contributed by atoms with Gasteiger partial charge in [-0.1, -0.05) is 11.6 Å². The highest BCUT2D eigenvalue weighted by Gasteiger charge is 2.04. The van der Waals surface area contributed by atoms with Gasteiger partial charge in [0.05, 0.1) is 22.7 Å². The van der Waals surface area contributed by atoms with E-state index in [1.54, 1.807) is 18.0 Å². The van der Waals surface area contributed by atoms with Crippen LogP contribution in [0.15, 0.2) is 34.9 Å². The van der Waals surface area contributed by atoms with Gasteiger partial charge < -0.3 is 9.73 Å². The van der Waals surface area contributed by atoms with Crippen molar-refractivity contribution in [3.05, 3.63) is 47.0 Å². The Labute approximate surface area is 110 Å². The highest BCUT2D eigenvalue weighted by atomic mass is 35.5. The predicted octanol–water partition coefficient (Wildman–Crippen LogP) is 3.80. The molecule has 0 saturated carbocycles. The Kier molecular flexibility index (Phi) is 4.34. The van der Waals surface area contributed by atoms with Crippen molar-refractivity contribution in [2.75, 3.05) is 12.4 Å². The zero-order chi connectivity index (χ0) is 12.1. The van der Waals surface area contributed by atoms with Gasteiger partial charge in [-0.3, -0.25) is 0 Å². The summed E-state index contributed by atoms with van der Waals surface area (Å²) in [5.74, 6) is 3.41. The number of furan rings is 1. The Bertz CT molecular complexity index is 473. The van der Waals surface area contributed by atoms with E-state index in [0.717, 1.165) is 28.8 Å². The van der Waals surface area contributed by atoms with E-state index in [1.807, 2.05) is 31.3 Å². The highest BCUT2D eigenvalue weighted by Crippen LogP contribution is 2.23. The standard InChI is InChI=1S/C12H13ClN2OS/c1-14-12-5-4-10(13)11(15-12)8-17-7-9-3-2-6-16-9/h2-6H,7-8H2,1H3,(H,14,15). The maximum atomic E-state index is 6.09. The monoisotopic (exact) mass is 268 g/mol. The lowest BCUT2D eigenvalue weighted by Crippen LogP contribution is -1.96. The molecule has 2 aromatic rings. The van der Waals surface area contributed by atoms with E-state index in [4.69, 9.17) is 16.0 Å². The molecule has 3 nitrogen and oxygen atoms in total. The molecule has 2 heterocycles. The lowest BCUT2D eigenvalue weighted by molar-refractivity contribution is 0.530. The number of pyridine rings is 1. The van der Waals surface area contributed by atoms with E-state index in [0.29, 0.717) is 5.02 Å². The summed E-state index contributed by atoms with van der Waals surface area (Å²) in [6, 6.07) is 7.58. The summed E-state index contributed by atoms with van der Waals surface area (Å²) < 4.78 is 5.26. The molecule has 0 aromatic carbocycles. The summed E-state index contributed by atoms with van der Waals surface area (Å²) in [6.45, 7) is 0. The fourth-order valence-corrected chi connectivity index (χ4v) is 2.50. The SMILES string of the molecule is CNc1ccc(Cl)c(CSCc2ccco2)n1. The van der Waals surface area contributed by atoms with E-state index in [9.17, 15) is 0 Å². The Morgan fingerprint density at radius 3 is 2.94 bits per heavy atom. The van der Waals surface area contributed by atoms with Gasteiger partial charge in [-0.2, -0.15) is 0 Å². The first-order chi connectivity index (χ1) is 8.29. The minimum atomic E-state index is 0.705. The van der Waals surface area contributed by atoms with Crippen molar-refractivity contribution < 1.29 is 4.42 Å². The second-order valence-corrected chi connectivity index (χ2v) is 4.84. The first-order valence-corrected chi connectivity index (χ1v) is 6.76.